The Balaban J connectivity index is 1.72. The van der Waals surface area contributed by atoms with Gasteiger partial charge in [-0.15, -0.1) is 0 Å². The molecule has 0 radical (unpaired) electrons. The lowest BCUT2D eigenvalue weighted by Gasteiger charge is -2.21. The third-order valence-corrected chi connectivity index (χ3v) is 6.04. The Labute approximate surface area is 215 Å². The Morgan fingerprint density at radius 3 is 1.68 bits per heavy atom. The molecule has 0 aliphatic heterocycles. The molecule has 15 heteroatoms. The lowest BCUT2D eigenvalue weighted by molar-refractivity contribution is 0.329. The highest BCUT2D eigenvalue weighted by molar-refractivity contribution is 6.62. The molecule has 206 valence electrons. The van der Waals surface area contributed by atoms with Crippen molar-refractivity contribution in [2.24, 2.45) is 0 Å². The first-order valence-corrected chi connectivity index (χ1v) is 10.8. The van der Waals surface area contributed by atoms with Crippen molar-refractivity contribution in [1.82, 2.24) is 0 Å². The molecular formula is C25H7BF12O2. The van der Waals surface area contributed by atoms with Crippen molar-refractivity contribution in [2.75, 3.05) is 0 Å². The Morgan fingerprint density at radius 2 is 1.02 bits per heavy atom. The zero-order chi connectivity index (χ0) is 29.2. The van der Waals surface area contributed by atoms with E-state index in [-0.39, 0.29) is 11.6 Å². The van der Waals surface area contributed by atoms with Crippen LogP contribution in [0.1, 0.15) is 11.1 Å². The predicted molar refractivity (Wildman–Crippen MR) is 114 cm³/mol. The SMILES string of the molecule is Fc1ccc(B(Oc2c(F)c(F)c(F)c(F)c2F)Oc2c(F)c(F)c(F)c3c2Cc2cccc(F)c2-3)c(F)c1F. The monoisotopic (exact) mass is 578 g/mol. The molecule has 0 aromatic heterocycles. The lowest BCUT2D eigenvalue weighted by atomic mass is 9.77. The van der Waals surface area contributed by atoms with Gasteiger partial charge in [0, 0.05) is 23.1 Å². The third kappa shape index (κ3) is 4.02. The summed E-state index contributed by atoms with van der Waals surface area (Å²) in [4.78, 5) is 0. The van der Waals surface area contributed by atoms with Crippen molar-refractivity contribution in [1.29, 1.82) is 0 Å². The first kappa shape index (κ1) is 27.3. The molecule has 0 unspecified atom stereocenters. The molecule has 1 aliphatic carbocycles. The quantitative estimate of drug-likeness (QED) is 0.0992. The van der Waals surface area contributed by atoms with Gasteiger partial charge in [0.2, 0.25) is 34.9 Å². The van der Waals surface area contributed by atoms with Gasteiger partial charge < -0.3 is 9.31 Å². The lowest BCUT2D eigenvalue weighted by Crippen LogP contribution is -2.46. The Hall–Kier alpha value is -4.30. The van der Waals surface area contributed by atoms with Crippen LogP contribution in [0, 0.1) is 69.8 Å². The second-order valence-corrected chi connectivity index (χ2v) is 8.31. The van der Waals surface area contributed by atoms with Crippen molar-refractivity contribution in [3.8, 4) is 22.6 Å². The number of hydrogen-bond acceptors (Lipinski definition) is 2. The van der Waals surface area contributed by atoms with Crippen LogP contribution in [0.25, 0.3) is 11.1 Å². The molecule has 1 aliphatic rings. The van der Waals surface area contributed by atoms with Crippen molar-refractivity contribution >= 4 is 12.6 Å². The Bertz CT molecular complexity index is 1700. The molecule has 0 N–H and O–H groups in total. The second kappa shape index (κ2) is 9.71. The Kier molecular flexibility index (Phi) is 6.63. The van der Waals surface area contributed by atoms with Gasteiger partial charge in [0.25, 0.3) is 0 Å². The molecule has 0 fully saturated rings. The summed E-state index contributed by atoms with van der Waals surface area (Å²) in [6.45, 7) is 0. The van der Waals surface area contributed by atoms with Crippen LogP contribution in [0.15, 0.2) is 30.3 Å². The topological polar surface area (TPSA) is 18.5 Å². The summed E-state index contributed by atoms with van der Waals surface area (Å²) < 4.78 is 180. The molecule has 0 saturated heterocycles. The first-order valence-electron chi connectivity index (χ1n) is 10.8. The number of fused-ring (bicyclic) bond motifs is 3. The maximum atomic E-state index is 15.0. The standard InChI is InChI=1S/C25H7BF12O2/c27-10-3-1-2-7-6-8-13(12(7)10)16(31)17(32)21(36)24(8)39-26(9-4-5-11(28)15(30)14(9)29)40-25-22(37)19(34)18(33)20(35)23(25)38/h1-5H,6H2. The maximum absolute atomic E-state index is 15.0. The van der Waals surface area contributed by atoms with Crippen LogP contribution in [-0.2, 0) is 6.42 Å². The van der Waals surface area contributed by atoms with Crippen LogP contribution in [0.2, 0.25) is 0 Å². The van der Waals surface area contributed by atoms with E-state index in [2.05, 4.69) is 4.65 Å². The molecule has 0 heterocycles. The van der Waals surface area contributed by atoms with Gasteiger partial charge >= 0.3 is 7.12 Å². The fourth-order valence-electron chi connectivity index (χ4n) is 4.20. The molecule has 0 amide bonds. The van der Waals surface area contributed by atoms with Gasteiger partial charge in [-0.2, -0.15) is 13.2 Å². The number of halogens is 12. The summed E-state index contributed by atoms with van der Waals surface area (Å²) in [6.07, 6.45) is -0.554. The van der Waals surface area contributed by atoms with E-state index in [4.69, 9.17) is 4.65 Å². The molecule has 2 nitrogen and oxygen atoms in total. The van der Waals surface area contributed by atoms with E-state index in [9.17, 15) is 48.3 Å². The molecule has 0 spiro atoms. The van der Waals surface area contributed by atoms with Gasteiger partial charge in [-0.3, -0.25) is 0 Å². The average molecular weight is 578 g/mol. The average Bonchev–Trinajstić information content (AvgIpc) is 3.33. The van der Waals surface area contributed by atoms with Crippen molar-refractivity contribution in [3.63, 3.8) is 0 Å². The van der Waals surface area contributed by atoms with Crippen LogP contribution in [0.5, 0.6) is 11.5 Å². The minimum atomic E-state index is -2.92. The zero-order valence-corrected chi connectivity index (χ0v) is 19.0. The van der Waals surface area contributed by atoms with Gasteiger partial charge in [-0.25, -0.2) is 39.5 Å². The third-order valence-electron chi connectivity index (χ3n) is 6.04. The maximum Gasteiger partial charge on any atom is 0.636 e. The predicted octanol–water partition coefficient (Wildman–Crippen LogP) is 6.78. The smallest absolute Gasteiger partial charge is 0.519 e. The second-order valence-electron chi connectivity index (χ2n) is 8.31. The number of benzene rings is 4. The van der Waals surface area contributed by atoms with Crippen LogP contribution in [0.3, 0.4) is 0 Å². The van der Waals surface area contributed by atoms with Gasteiger partial charge in [0.15, 0.2) is 34.8 Å². The molecule has 40 heavy (non-hydrogen) atoms. The zero-order valence-electron chi connectivity index (χ0n) is 19.0. The highest BCUT2D eigenvalue weighted by atomic mass is 19.2. The summed E-state index contributed by atoms with van der Waals surface area (Å²) in [5.74, 6) is -30.0. The molecular weight excluding hydrogens is 571 g/mol. The number of hydrogen-bond donors (Lipinski definition) is 0. The van der Waals surface area contributed by atoms with E-state index < -0.39 is 117 Å². The minimum Gasteiger partial charge on any atom is -0.519 e. The van der Waals surface area contributed by atoms with E-state index in [1.165, 1.54) is 12.1 Å². The first-order chi connectivity index (χ1) is 18.8. The molecule has 5 rings (SSSR count). The fourth-order valence-corrected chi connectivity index (χ4v) is 4.20. The van der Waals surface area contributed by atoms with Crippen LogP contribution in [0.4, 0.5) is 52.7 Å². The molecule has 4 aromatic rings. The van der Waals surface area contributed by atoms with E-state index in [1.807, 2.05) is 0 Å². The molecule has 0 bridgehead atoms. The van der Waals surface area contributed by atoms with Gasteiger partial charge in [-0.05, 0) is 17.7 Å². The van der Waals surface area contributed by atoms with Gasteiger partial charge in [-0.1, -0.05) is 18.2 Å². The van der Waals surface area contributed by atoms with Crippen LogP contribution < -0.4 is 14.8 Å². The van der Waals surface area contributed by atoms with Crippen LogP contribution in [-0.4, -0.2) is 7.12 Å². The van der Waals surface area contributed by atoms with Crippen molar-refractivity contribution < 1.29 is 62.0 Å². The molecule has 4 aromatic carbocycles. The Morgan fingerprint density at radius 1 is 0.475 bits per heavy atom. The van der Waals surface area contributed by atoms with Crippen molar-refractivity contribution in [3.05, 3.63) is 111 Å². The molecule has 0 atom stereocenters. The largest absolute Gasteiger partial charge is 0.636 e. The van der Waals surface area contributed by atoms with Crippen LogP contribution >= 0.6 is 0 Å². The number of rotatable bonds is 5. The minimum absolute atomic E-state index is 0.0139. The van der Waals surface area contributed by atoms with E-state index in [1.54, 1.807) is 0 Å². The summed E-state index contributed by atoms with van der Waals surface area (Å²) in [7, 11) is -2.92. The van der Waals surface area contributed by atoms with E-state index >= 15 is 4.39 Å². The summed E-state index contributed by atoms with van der Waals surface area (Å²) in [6, 6.07) is 3.87. The summed E-state index contributed by atoms with van der Waals surface area (Å²) in [5.41, 5.74) is -3.36. The van der Waals surface area contributed by atoms with E-state index in [0.29, 0.717) is 6.07 Å². The fraction of sp³-hybridized carbons (Fsp3) is 0.0400. The van der Waals surface area contributed by atoms with Gasteiger partial charge in [0.05, 0.1) is 5.46 Å². The summed E-state index contributed by atoms with van der Waals surface area (Å²) >= 11 is 0. The van der Waals surface area contributed by atoms with Gasteiger partial charge in [0.1, 0.15) is 11.6 Å². The highest BCUT2D eigenvalue weighted by Gasteiger charge is 2.41. The molecule has 0 saturated carbocycles. The van der Waals surface area contributed by atoms with Crippen molar-refractivity contribution in [2.45, 2.75) is 6.42 Å². The normalized spacial score (nSPS) is 11.9. The summed E-state index contributed by atoms with van der Waals surface area (Å²) in [5, 5.41) is 0. The van der Waals surface area contributed by atoms with E-state index in [0.717, 1.165) is 6.07 Å². The highest BCUT2D eigenvalue weighted by Crippen LogP contribution is 2.46.